The van der Waals surface area contributed by atoms with Crippen LogP contribution >= 0.6 is 15.9 Å². The highest BCUT2D eigenvalue weighted by molar-refractivity contribution is 9.10. The third-order valence-electron chi connectivity index (χ3n) is 3.71. The number of halogens is 1. The minimum atomic E-state index is -0.995. The van der Waals surface area contributed by atoms with Gasteiger partial charge in [-0.15, -0.1) is 0 Å². The van der Waals surface area contributed by atoms with E-state index in [9.17, 15) is 14.7 Å². The molecule has 3 aromatic rings. The number of carbonyl (C=O) groups excluding carboxylic acids is 1. The number of amides is 1. The van der Waals surface area contributed by atoms with E-state index in [-0.39, 0.29) is 12.3 Å². The molecule has 25 heavy (non-hydrogen) atoms. The molecule has 0 bridgehead atoms. The molecule has 1 aromatic carbocycles. The second-order valence-electron chi connectivity index (χ2n) is 5.55. The van der Waals surface area contributed by atoms with Crippen molar-refractivity contribution in [3.8, 4) is 0 Å². The Bertz CT molecular complexity index is 937. The molecule has 0 aliphatic rings. The summed E-state index contributed by atoms with van der Waals surface area (Å²) in [5, 5.41) is 12.0. The second kappa shape index (κ2) is 7.02. The Morgan fingerprint density at radius 2 is 2.00 bits per heavy atom. The molecule has 128 valence electrons. The van der Waals surface area contributed by atoms with Gasteiger partial charge in [0.25, 0.3) is 5.91 Å². The van der Waals surface area contributed by atoms with Crippen LogP contribution in [-0.4, -0.2) is 31.9 Å². The lowest BCUT2D eigenvalue weighted by Crippen LogP contribution is -2.30. The predicted molar refractivity (Wildman–Crippen MR) is 95.2 cm³/mol. The summed E-state index contributed by atoms with van der Waals surface area (Å²) in [6.07, 6.45) is 1.28. The highest BCUT2D eigenvalue weighted by Gasteiger charge is 2.21. The van der Waals surface area contributed by atoms with Crippen LogP contribution in [0.25, 0.3) is 11.2 Å². The zero-order chi connectivity index (χ0) is 18.0. The lowest BCUT2D eigenvalue weighted by Gasteiger charge is -2.18. The van der Waals surface area contributed by atoms with Gasteiger partial charge in [0.2, 0.25) is 0 Å². The summed E-state index contributed by atoms with van der Waals surface area (Å²) in [5.41, 5.74) is 2.06. The average molecular weight is 403 g/mol. The van der Waals surface area contributed by atoms with E-state index >= 15 is 0 Å². The van der Waals surface area contributed by atoms with E-state index in [2.05, 4.69) is 36.2 Å². The van der Waals surface area contributed by atoms with E-state index in [0.717, 1.165) is 4.47 Å². The normalized spacial score (nSPS) is 12.1. The van der Waals surface area contributed by atoms with E-state index in [0.29, 0.717) is 28.1 Å². The Labute approximate surface area is 151 Å². The molecule has 3 rings (SSSR count). The lowest BCUT2D eigenvalue weighted by atomic mass is 10.0. The molecule has 0 spiro atoms. The van der Waals surface area contributed by atoms with Gasteiger partial charge in [0.15, 0.2) is 5.65 Å². The Hall–Kier alpha value is -2.74. The van der Waals surface area contributed by atoms with E-state index in [1.807, 2.05) is 0 Å². The number of nitrogens with one attached hydrogen (secondary N) is 2. The molecule has 8 heteroatoms. The molecule has 0 aliphatic carbocycles. The number of aromatic nitrogens is 3. The number of pyridine rings is 1. The van der Waals surface area contributed by atoms with Gasteiger partial charge in [0.1, 0.15) is 5.82 Å². The highest BCUT2D eigenvalue weighted by Crippen LogP contribution is 2.21. The smallest absolute Gasteiger partial charge is 0.305 e. The number of aryl methyl sites for hydroxylation is 1. The molecule has 3 N–H and O–H groups in total. The summed E-state index contributed by atoms with van der Waals surface area (Å²) >= 11 is 3.34. The molecule has 1 amide bonds. The summed E-state index contributed by atoms with van der Waals surface area (Å²) in [6.45, 7) is 1.78. The highest BCUT2D eigenvalue weighted by atomic mass is 79.9. The number of nitrogens with zero attached hydrogens (tertiary/aromatic N) is 2. The van der Waals surface area contributed by atoms with Gasteiger partial charge in [-0.05, 0) is 30.7 Å². The van der Waals surface area contributed by atoms with E-state index in [1.54, 1.807) is 37.3 Å². The van der Waals surface area contributed by atoms with E-state index < -0.39 is 12.0 Å². The quantitative estimate of drug-likeness (QED) is 0.607. The largest absolute Gasteiger partial charge is 0.481 e. The Balaban J connectivity index is 1.91. The van der Waals surface area contributed by atoms with Crippen molar-refractivity contribution in [3.63, 3.8) is 0 Å². The van der Waals surface area contributed by atoms with Crippen molar-refractivity contribution >= 4 is 39.0 Å². The SMILES string of the molecule is Cc1nc2nccc(C(=O)N[C@@H](CC(=O)O)c3ccc(Br)cc3)c2[nH]1. The molecule has 0 aliphatic heterocycles. The molecule has 0 fully saturated rings. The summed E-state index contributed by atoms with van der Waals surface area (Å²) in [6, 6.07) is 8.10. The van der Waals surface area contributed by atoms with Gasteiger partial charge < -0.3 is 15.4 Å². The fourth-order valence-electron chi connectivity index (χ4n) is 2.57. The minimum Gasteiger partial charge on any atom is -0.481 e. The van der Waals surface area contributed by atoms with Crippen molar-refractivity contribution in [1.29, 1.82) is 0 Å². The standard InChI is InChI=1S/C17H15BrN4O3/c1-9-20-15-12(6-7-19-16(15)21-9)17(25)22-13(8-14(23)24)10-2-4-11(18)5-3-10/h2-7,13H,8H2,1H3,(H,22,25)(H,23,24)(H,19,20,21)/t13-/m0/s1. The number of aromatic amines is 1. The van der Waals surface area contributed by atoms with Crippen LogP contribution in [0.1, 0.15) is 34.2 Å². The van der Waals surface area contributed by atoms with Crippen LogP contribution in [0.5, 0.6) is 0 Å². The van der Waals surface area contributed by atoms with Gasteiger partial charge in [-0.25, -0.2) is 9.97 Å². The zero-order valence-corrected chi connectivity index (χ0v) is 14.9. The first-order valence-electron chi connectivity index (χ1n) is 7.53. The average Bonchev–Trinajstić information content (AvgIpc) is 2.94. The van der Waals surface area contributed by atoms with Crippen molar-refractivity contribution in [1.82, 2.24) is 20.3 Å². The van der Waals surface area contributed by atoms with Crippen LogP contribution in [0, 0.1) is 6.92 Å². The molecule has 0 radical (unpaired) electrons. The summed E-state index contributed by atoms with van der Waals surface area (Å²) in [7, 11) is 0. The summed E-state index contributed by atoms with van der Waals surface area (Å²) in [4.78, 5) is 35.2. The van der Waals surface area contributed by atoms with Gasteiger partial charge in [-0.1, -0.05) is 28.1 Å². The minimum absolute atomic E-state index is 0.219. The van der Waals surface area contributed by atoms with Crippen LogP contribution < -0.4 is 5.32 Å². The summed E-state index contributed by atoms with van der Waals surface area (Å²) in [5.74, 6) is -0.728. The Morgan fingerprint density at radius 3 is 2.68 bits per heavy atom. The van der Waals surface area contributed by atoms with Crippen molar-refractivity contribution in [2.45, 2.75) is 19.4 Å². The van der Waals surface area contributed by atoms with Gasteiger partial charge in [-0.3, -0.25) is 9.59 Å². The first kappa shape index (κ1) is 17.1. The maximum atomic E-state index is 12.7. The molecule has 2 aromatic heterocycles. The number of hydrogen-bond donors (Lipinski definition) is 3. The van der Waals surface area contributed by atoms with E-state index in [1.165, 1.54) is 6.20 Å². The summed E-state index contributed by atoms with van der Waals surface area (Å²) < 4.78 is 0.875. The van der Waals surface area contributed by atoms with Crippen LogP contribution in [0.15, 0.2) is 41.0 Å². The van der Waals surface area contributed by atoms with Crippen molar-refractivity contribution < 1.29 is 14.7 Å². The number of H-pyrrole nitrogens is 1. The number of imidazole rings is 1. The number of aliphatic carboxylic acids is 1. The fraction of sp³-hybridized carbons (Fsp3) is 0.176. The van der Waals surface area contributed by atoms with Gasteiger partial charge in [0.05, 0.1) is 23.5 Å². The molecule has 1 atom stereocenters. The molecular formula is C17H15BrN4O3. The number of fused-ring (bicyclic) bond motifs is 1. The Kier molecular flexibility index (Phi) is 4.80. The fourth-order valence-corrected chi connectivity index (χ4v) is 2.84. The number of hydrogen-bond acceptors (Lipinski definition) is 4. The monoisotopic (exact) mass is 402 g/mol. The van der Waals surface area contributed by atoms with Crippen LogP contribution in [0.4, 0.5) is 0 Å². The third-order valence-corrected chi connectivity index (χ3v) is 4.24. The van der Waals surface area contributed by atoms with Gasteiger partial charge in [-0.2, -0.15) is 0 Å². The van der Waals surface area contributed by atoms with Crippen LogP contribution in [0.3, 0.4) is 0 Å². The van der Waals surface area contributed by atoms with Crippen LogP contribution in [-0.2, 0) is 4.79 Å². The first-order chi connectivity index (χ1) is 11.9. The number of benzene rings is 1. The number of carboxylic acids is 1. The predicted octanol–water partition coefficient (Wildman–Crippen LogP) is 2.97. The number of rotatable bonds is 5. The molecule has 7 nitrogen and oxygen atoms in total. The number of carboxylic acid groups (broad SMARTS) is 1. The van der Waals surface area contributed by atoms with Crippen molar-refractivity contribution in [2.24, 2.45) is 0 Å². The maximum Gasteiger partial charge on any atom is 0.305 e. The van der Waals surface area contributed by atoms with Crippen molar-refractivity contribution in [2.75, 3.05) is 0 Å². The Morgan fingerprint density at radius 1 is 1.28 bits per heavy atom. The van der Waals surface area contributed by atoms with Gasteiger partial charge in [0, 0.05) is 10.7 Å². The van der Waals surface area contributed by atoms with Gasteiger partial charge >= 0.3 is 5.97 Å². The molecule has 0 saturated carbocycles. The second-order valence-corrected chi connectivity index (χ2v) is 6.47. The van der Waals surface area contributed by atoms with Crippen molar-refractivity contribution in [3.05, 3.63) is 58.0 Å². The van der Waals surface area contributed by atoms with Crippen LogP contribution in [0.2, 0.25) is 0 Å². The topological polar surface area (TPSA) is 108 Å². The zero-order valence-electron chi connectivity index (χ0n) is 13.3. The number of carbonyl (C=O) groups is 2. The molecule has 2 heterocycles. The third kappa shape index (κ3) is 3.85. The molecule has 0 unspecified atom stereocenters. The molecular weight excluding hydrogens is 388 g/mol. The lowest BCUT2D eigenvalue weighted by molar-refractivity contribution is -0.137. The van der Waals surface area contributed by atoms with E-state index in [4.69, 9.17) is 0 Å². The first-order valence-corrected chi connectivity index (χ1v) is 8.33. The molecule has 0 saturated heterocycles. The maximum absolute atomic E-state index is 12.7.